The van der Waals surface area contributed by atoms with Gasteiger partial charge in [0.25, 0.3) is 5.91 Å². The number of rotatable bonds is 8. The molecule has 3 aromatic carbocycles. The third-order valence-corrected chi connectivity index (χ3v) is 4.50. The van der Waals surface area contributed by atoms with Crippen molar-refractivity contribution in [1.82, 2.24) is 5.32 Å². The molecule has 0 aliphatic carbocycles. The van der Waals surface area contributed by atoms with Crippen molar-refractivity contribution in [2.75, 3.05) is 24.4 Å². The molecule has 3 rings (SSSR count). The maximum absolute atomic E-state index is 12.2. The van der Waals surface area contributed by atoms with Crippen LogP contribution < -0.4 is 25.4 Å². The summed E-state index contributed by atoms with van der Waals surface area (Å²) in [5.41, 5.74) is 2.04. The molecule has 2 amide bonds. The first-order chi connectivity index (χ1) is 15.5. The predicted octanol–water partition coefficient (Wildman–Crippen LogP) is 3.77. The first-order valence-electron chi connectivity index (χ1n) is 9.83. The first kappa shape index (κ1) is 22.8. The molecule has 0 fully saturated rings. The number of carbonyl (C=O) groups is 2. The summed E-state index contributed by atoms with van der Waals surface area (Å²) in [6.07, 6.45) is 0.184. The molecule has 0 aromatic heterocycles. The van der Waals surface area contributed by atoms with Crippen LogP contribution in [0.2, 0.25) is 0 Å². The van der Waals surface area contributed by atoms with Crippen molar-refractivity contribution in [1.29, 1.82) is 0 Å². The number of anilines is 2. The van der Waals surface area contributed by atoms with Gasteiger partial charge in [-0.15, -0.1) is 0 Å². The smallest absolute Gasteiger partial charge is 0.262 e. The molecule has 0 saturated heterocycles. The van der Waals surface area contributed by atoms with Crippen molar-refractivity contribution in [3.05, 3.63) is 84.4 Å². The lowest BCUT2D eigenvalue weighted by Gasteiger charge is -2.12. The minimum Gasteiger partial charge on any atom is -0.497 e. The number of para-hydroxylation sites is 1. The van der Waals surface area contributed by atoms with Crippen LogP contribution in [0.15, 0.2) is 78.9 Å². The van der Waals surface area contributed by atoms with Crippen molar-refractivity contribution >= 4 is 40.5 Å². The Labute approximate surface area is 191 Å². The van der Waals surface area contributed by atoms with Crippen molar-refractivity contribution in [2.24, 2.45) is 0 Å². The fourth-order valence-electron chi connectivity index (χ4n) is 2.80. The number of nitrogens with one attached hydrogen (secondary N) is 3. The monoisotopic (exact) mass is 449 g/mol. The number of methoxy groups -OCH3 is 1. The second-order valence-corrected chi connectivity index (χ2v) is 7.17. The second-order valence-electron chi connectivity index (χ2n) is 6.76. The van der Waals surface area contributed by atoms with E-state index in [2.05, 4.69) is 16.0 Å². The molecule has 0 atom stereocenters. The van der Waals surface area contributed by atoms with Gasteiger partial charge in [0.1, 0.15) is 11.5 Å². The van der Waals surface area contributed by atoms with E-state index < -0.39 is 0 Å². The highest BCUT2D eigenvalue weighted by Gasteiger charge is 2.08. The van der Waals surface area contributed by atoms with Crippen LogP contribution >= 0.6 is 12.2 Å². The van der Waals surface area contributed by atoms with Crippen molar-refractivity contribution < 1.29 is 19.1 Å². The van der Waals surface area contributed by atoms with E-state index in [0.29, 0.717) is 17.1 Å². The van der Waals surface area contributed by atoms with Crippen LogP contribution in [-0.2, 0) is 16.0 Å². The van der Waals surface area contributed by atoms with Gasteiger partial charge >= 0.3 is 0 Å². The average molecular weight is 450 g/mol. The molecule has 3 N–H and O–H groups in total. The minimum atomic E-state index is -0.290. The third kappa shape index (κ3) is 7.41. The van der Waals surface area contributed by atoms with E-state index in [1.807, 2.05) is 30.3 Å². The van der Waals surface area contributed by atoms with Crippen LogP contribution in [0.4, 0.5) is 11.4 Å². The quantitative estimate of drug-likeness (QED) is 0.454. The molecular weight excluding hydrogens is 426 g/mol. The zero-order valence-electron chi connectivity index (χ0n) is 17.5. The molecule has 0 spiro atoms. The summed E-state index contributed by atoms with van der Waals surface area (Å²) in [6, 6.07) is 23.3. The summed E-state index contributed by atoms with van der Waals surface area (Å²) in [4.78, 5) is 24.4. The number of amides is 2. The van der Waals surface area contributed by atoms with Crippen molar-refractivity contribution in [2.45, 2.75) is 6.42 Å². The second kappa shape index (κ2) is 11.5. The van der Waals surface area contributed by atoms with Gasteiger partial charge < -0.3 is 25.4 Å². The van der Waals surface area contributed by atoms with Crippen LogP contribution in [0.25, 0.3) is 0 Å². The Bertz CT molecular complexity index is 1070. The van der Waals surface area contributed by atoms with Gasteiger partial charge in [0.2, 0.25) is 5.91 Å². The Balaban J connectivity index is 1.47. The van der Waals surface area contributed by atoms with Gasteiger partial charge in [0.05, 0.1) is 13.5 Å². The van der Waals surface area contributed by atoms with E-state index >= 15 is 0 Å². The number of benzene rings is 3. The van der Waals surface area contributed by atoms with Gasteiger partial charge in [-0.1, -0.05) is 36.4 Å². The van der Waals surface area contributed by atoms with Crippen LogP contribution in [0, 0.1) is 0 Å². The van der Waals surface area contributed by atoms with Crippen LogP contribution in [0.5, 0.6) is 11.5 Å². The maximum Gasteiger partial charge on any atom is 0.262 e. The zero-order valence-corrected chi connectivity index (χ0v) is 18.3. The Morgan fingerprint density at radius 2 is 1.50 bits per heavy atom. The number of thiocarbonyl (C=S) groups is 1. The molecule has 0 aliphatic rings. The highest BCUT2D eigenvalue weighted by Crippen LogP contribution is 2.16. The lowest BCUT2D eigenvalue weighted by atomic mass is 10.1. The van der Waals surface area contributed by atoms with E-state index in [-0.39, 0.29) is 30.0 Å². The molecule has 3 aromatic rings. The van der Waals surface area contributed by atoms with E-state index in [9.17, 15) is 9.59 Å². The minimum absolute atomic E-state index is 0.110. The largest absolute Gasteiger partial charge is 0.497 e. The van der Waals surface area contributed by atoms with Crippen LogP contribution in [0.1, 0.15) is 5.56 Å². The van der Waals surface area contributed by atoms with Gasteiger partial charge in [-0.2, -0.15) is 0 Å². The normalized spacial score (nSPS) is 10.0. The van der Waals surface area contributed by atoms with Crippen LogP contribution in [-0.4, -0.2) is 30.6 Å². The van der Waals surface area contributed by atoms with Gasteiger partial charge in [-0.25, -0.2) is 0 Å². The molecular formula is C24H23N3O4S. The summed E-state index contributed by atoms with van der Waals surface area (Å²) in [5, 5.41) is 8.52. The topological polar surface area (TPSA) is 88.7 Å². The van der Waals surface area contributed by atoms with Gasteiger partial charge in [-0.3, -0.25) is 9.59 Å². The molecule has 32 heavy (non-hydrogen) atoms. The van der Waals surface area contributed by atoms with E-state index in [4.69, 9.17) is 21.7 Å². The lowest BCUT2D eigenvalue weighted by molar-refractivity contribution is -0.119. The van der Waals surface area contributed by atoms with Gasteiger partial charge in [-0.05, 0) is 60.2 Å². The summed E-state index contributed by atoms with van der Waals surface area (Å²) in [6.45, 7) is -0.110. The molecule has 0 aliphatic heterocycles. The summed E-state index contributed by atoms with van der Waals surface area (Å²) >= 11 is 5.22. The van der Waals surface area contributed by atoms with Crippen molar-refractivity contribution in [3.63, 3.8) is 0 Å². The average Bonchev–Trinajstić information content (AvgIpc) is 2.79. The molecule has 164 valence electrons. The Morgan fingerprint density at radius 1 is 0.812 bits per heavy atom. The Kier molecular flexibility index (Phi) is 8.16. The number of hydrogen-bond acceptors (Lipinski definition) is 5. The van der Waals surface area contributed by atoms with E-state index in [1.54, 1.807) is 55.6 Å². The number of ether oxygens (including phenoxy) is 2. The molecule has 0 radical (unpaired) electrons. The number of hydrogen-bond donors (Lipinski definition) is 3. The van der Waals surface area contributed by atoms with Gasteiger partial charge in [0, 0.05) is 11.4 Å². The van der Waals surface area contributed by atoms with Gasteiger partial charge in [0.15, 0.2) is 11.7 Å². The van der Waals surface area contributed by atoms with E-state index in [1.165, 1.54) is 0 Å². The molecule has 0 unspecified atom stereocenters. The lowest BCUT2D eigenvalue weighted by Crippen LogP contribution is -2.35. The number of carbonyl (C=O) groups excluding carboxylic acids is 2. The zero-order chi connectivity index (χ0) is 22.8. The molecule has 7 nitrogen and oxygen atoms in total. The highest BCUT2D eigenvalue weighted by molar-refractivity contribution is 7.80. The molecule has 0 heterocycles. The standard InChI is InChI=1S/C24H23N3O4S/c1-30-20-12-10-17(11-13-20)14-22(28)27-24(32)26-19-7-5-6-18(15-19)25-23(29)16-31-21-8-3-2-4-9-21/h2-13,15H,14,16H2,1H3,(H,25,29)(H2,26,27,28,32). The summed E-state index contributed by atoms with van der Waals surface area (Å²) < 4.78 is 10.5. The molecule has 0 bridgehead atoms. The predicted molar refractivity (Wildman–Crippen MR) is 128 cm³/mol. The maximum atomic E-state index is 12.2. The summed E-state index contributed by atoms with van der Waals surface area (Å²) in [7, 11) is 1.59. The molecule has 8 heteroatoms. The van der Waals surface area contributed by atoms with Crippen LogP contribution in [0.3, 0.4) is 0 Å². The third-order valence-electron chi connectivity index (χ3n) is 4.29. The molecule has 0 saturated carbocycles. The van der Waals surface area contributed by atoms with Crippen molar-refractivity contribution in [3.8, 4) is 11.5 Å². The SMILES string of the molecule is COc1ccc(CC(=O)NC(=S)Nc2cccc(NC(=O)COc3ccccc3)c2)cc1. The first-order valence-corrected chi connectivity index (χ1v) is 10.2. The fourth-order valence-corrected chi connectivity index (χ4v) is 3.03. The van der Waals surface area contributed by atoms with E-state index in [0.717, 1.165) is 11.3 Å². The fraction of sp³-hybridized carbons (Fsp3) is 0.125. The highest BCUT2D eigenvalue weighted by atomic mass is 32.1. The Hall–Kier alpha value is -3.91. The Morgan fingerprint density at radius 3 is 2.19 bits per heavy atom. The summed E-state index contributed by atoms with van der Waals surface area (Å²) in [5.74, 6) is 0.815.